The van der Waals surface area contributed by atoms with Crippen LogP contribution in [0.4, 0.5) is 0 Å². The van der Waals surface area contributed by atoms with E-state index in [1.165, 1.54) is 24.3 Å². The average molecular weight is 444 g/mol. The van der Waals surface area contributed by atoms with Gasteiger partial charge in [-0.15, -0.1) is 0 Å². The minimum Gasteiger partial charge on any atom is -0.497 e. The van der Waals surface area contributed by atoms with Crippen LogP contribution in [0, 0.1) is 11.3 Å². The summed E-state index contributed by atoms with van der Waals surface area (Å²) in [5, 5.41) is 8.56. The number of hydrogen-bond acceptors (Lipinski definition) is 6. The first-order valence-electron chi connectivity index (χ1n) is 9.88. The number of carbonyl (C=O) groups is 1. The number of amides is 1. The van der Waals surface area contributed by atoms with Gasteiger partial charge < -0.3 is 14.4 Å². The predicted octanol–water partition coefficient (Wildman–Crippen LogP) is 2.70. The lowest BCUT2D eigenvalue weighted by Gasteiger charge is -2.24. The van der Waals surface area contributed by atoms with E-state index < -0.39 is 10.0 Å². The van der Waals surface area contributed by atoms with Crippen molar-refractivity contribution in [2.24, 2.45) is 0 Å². The van der Waals surface area contributed by atoms with Gasteiger partial charge in [-0.1, -0.05) is 0 Å². The van der Waals surface area contributed by atoms with Gasteiger partial charge in [0.1, 0.15) is 11.5 Å². The molecule has 0 bridgehead atoms. The number of carbonyl (C=O) groups excluding carboxylic acids is 1. The Labute approximate surface area is 182 Å². The van der Waals surface area contributed by atoms with E-state index in [4.69, 9.17) is 14.7 Å². The van der Waals surface area contributed by atoms with Crippen molar-refractivity contribution >= 4 is 15.9 Å². The van der Waals surface area contributed by atoms with Crippen LogP contribution in [0.5, 0.6) is 11.5 Å². The van der Waals surface area contributed by atoms with Crippen molar-refractivity contribution in [2.45, 2.75) is 36.7 Å². The van der Waals surface area contributed by atoms with Crippen molar-refractivity contribution in [1.29, 1.82) is 5.26 Å². The van der Waals surface area contributed by atoms with E-state index in [0.29, 0.717) is 23.6 Å². The van der Waals surface area contributed by atoms with Crippen molar-refractivity contribution in [3.63, 3.8) is 0 Å². The summed E-state index contributed by atoms with van der Waals surface area (Å²) in [6, 6.07) is 13.4. The average Bonchev–Trinajstić information content (AvgIpc) is 3.62. The predicted molar refractivity (Wildman–Crippen MR) is 114 cm³/mol. The minimum atomic E-state index is -3.72. The summed E-state index contributed by atoms with van der Waals surface area (Å²) >= 11 is 0. The fourth-order valence-electron chi connectivity index (χ4n) is 3.19. The molecule has 0 atom stereocenters. The van der Waals surface area contributed by atoms with E-state index in [9.17, 15) is 13.2 Å². The summed E-state index contributed by atoms with van der Waals surface area (Å²) in [5.74, 6) is 1.15. The van der Waals surface area contributed by atoms with Crippen molar-refractivity contribution in [3.05, 3.63) is 53.6 Å². The van der Waals surface area contributed by atoms with Crippen LogP contribution in [0.15, 0.2) is 47.4 Å². The van der Waals surface area contributed by atoms with Gasteiger partial charge in [0.2, 0.25) is 10.0 Å². The Hall–Kier alpha value is -3.09. The third kappa shape index (κ3) is 5.54. The Balaban J connectivity index is 1.78. The van der Waals surface area contributed by atoms with Crippen LogP contribution >= 0.6 is 0 Å². The molecule has 0 saturated heterocycles. The molecule has 0 heterocycles. The highest BCUT2D eigenvalue weighted by atomic mass is 32.2. The van der Waals surface area contributed by atoms with E-state index in [1.807, 2.05) is 18.2 Å². The van der Waals surface area contributed by atoms with Gasteiger partial charge >= 0.3 is 0 Å². The Morgan fingerprint density at radius 1 is 1.16 bits per heavy atom. The third-order valence-electron chi connectivity index (χ3n) is 5.02. The molecule has 1 amide bonds. The molecular formula is C22H25N3O5S. The lowest BCUT2D eigenvalue weighted by atomic mass is 10.1. The molecule has 0 spiro atoms. The molecule has 1 fully saturated rings. The molecule has 1 saturated carbocycles. The normalized spacial score (nSPS) is 13.3. The maximum atomic E-state index is 13.2. The SMILES string of the molecule is COc1ccc(CN(C(=O)c2ccc(S(=O)(=O)NCCC#N)cc2)C2CC2)c(OC)c1. The smallest absolute Gasteiger partial charge is 0.254 e. The molecule has 0 radical (unpaired) electrons. The molecule has 0 unspecified atom stereocenters. The van der Waals surface area contributed by atoms with Gasteiger partial charge in [0.05, 0.1) is 25.2 Å². The number of rotatable bonds is 10. The fourth-order valence-corrected chi connectivity index (χ4v) is 4.22. The highest BCUT2D eigenvalue weighted by Crippen LogP contribution is 2.33. The topological polar surface area (TPSA) is 109 Å². The van der Waals surface area contributed by atoms with Crippen molar-refractivity contribution < 1.29 is 22.7 Å². The summed E-state index contributed by atoms with van der Waals surface area (Å²) in [7, 11) is -0.562. The van der Waals surface area contributed by atoms with E-state index in [-0.39, 0.29) is 29.8 Å². The maximum Gasteiger partial charge on any atom is 0.254 e. The van der Waals surface area contributed by atoms with Gasteiger partial charge in [-0.2, -0.15) is 5.26 Å². The number of nitriles is 1. The van der Waals surface area contributed by atoms with Crippen LogP contribution in [0.1, 0.15) is 35.2 Å². The van der Waals surface area contributed by atoms with Gasteiger partial charge in [0.25, 0.3) is 5.91 Å². The summed E-state index contributed by atoms with van der Waals surface area (Å²) in [5.41, 5.74) is 1.28. The standard InChI is InChI=1S/C22H25N3O5S/c1-29-19-9-4-17(21(14-19)30-2)15-25(18-7-8-18)22(26)16-5-10-20(11-6-16)31(27,28)24-13-3-12-23/h4-6,9-11,14,18,24H,3,7-8,13,15H2,1-2H3. The second kappa shape index (κ2) is 9.81. The quantitative estimate of drug-likeness (QED) is 0.566. The largest absolute Gasteiger partial charge is 0.497 e. The second-order valence-corrected chi connectivity index (χ2v) is 8.94. The lowest BCUT2D eigenvalue weighted by Crippen LogP contribution is -2.32. The number of nitrogens with zero attached hydrogens (tertiary/aromatic N) is 2. The van der Waals surface area contributed by atoms with Gasteiger partial charge in [0.15, 0.2) is 0 Å². The van der Waals surface area contributed by atoms with Crippen LogP contribution in [0.2, 0.25) is 0 Å². The zero-order chi connectivity index (χ0) is 22.4. The Morgan fingerprint density at radius 3 is 2.45 bits per heavy atom. The van der Waals surface area contributed by atoms with Crippen LogP contribution in [0.25, 0.3) is 0 Å². The summed E-state index contributed by atoms with van der Waals surface area (Å²) in [6.07, 6.45) is 1.94. The molecule has 8 nitrogen and oxygen atoms in total. The number of sulfonamides is 1. The van der Waals surface area contributed by atoms with E-state index in [1.54, 1.807) is 25.2 Å². The third-order valence-corrected chi connectivity index (χ3v) is 6.50. The molecule has 0 aliphatic heterocycles. The highest BCUT2D eigenvalue weighted by Gasteiger charge is 2.33. The number of nitrogens with one attached hydrogen (secondary N) is 1. The van der Waals surface area contributed by atoms with E-state index >= 15 is 0 Å². The van der Waals surface area contributed by atoms with Crippen LogP contribution in [-0.4, -0.2) is 46.0 Å². The highest BCUT2D eigenvalue weighted by molar-refractivity contribution is 7.89. The van der Waals surface area contributed by atoms with E-state index in [2.05, 4.69) is 4.72 Å². The van der Waals surface area contributed by atoms with E-state index in [0.717, 1.165) is 18.4 Å². The summed E-state index contributed by atoms with van der Waals surface area (Å²) in [4.78, 5) is 15.0. The molecule has 1 aliphatic rings. The van der Waals surface area contributed by atoms with Crippen LogP contribution < -0.4 is 14.2 Å². The maximum absolute atomic E-state index is 13.2. The van der Waals surface area contributed by atoms with Crippen molar-refractivity contribution in [2.75, 3.05) is 20.8 Å². The van der Waals surface area contributed by atoms with Crippen LogP contribution in [0.3, 0.4) is 0 Å². The summed E-state index contributed by atoms with van der Waals surface area (Å²) in [6.45, 7) is 0.422. The number of ether oxygens (including phenoxy) is 2. The van der Waals surface area contributed by atoms with Gasteiger partial charge in [-0.3, -0.25) is 4.79 Å². The molecule has 2 aromatic rings. The fraction of sp³-hybridized carbons (Fsp3) is 0.364. The van der Waals surface area contributed by atoms with Crippen molar-refractivity contribution in [3.8, 4) is 17.6 Å². The minimum absolute atomic E-state index is 0.0403. The van der Waals surface area contributed by atoms with Gasteiger partial charge in [-0.25, -0.2) is 13.1 Å². The first kappa shape index (κ1) is 22.6. The molecule has 31 heavy (non-hydrogen) atoms. The number of benzene rings is 2. The molecule has 164 valence electrons. The Kier molecular flexibility index (Phi) is 7.15. The first-order chi connectivity index (χ1) is 14.9. The van der Waals surface area contributed by atoms with Gasteiger partial charge in [-0.05, 0) is 49.2 Å². The molecule has 1 aliphatic carbocycles. The Morgan fingerprint density at radius 2 is 1.87 bits per heavy atom. The van der Waals surface area contributed by atoms with Crippen LogP contribution in [-0.2, 0) is 16.6 Å². The molecule has 1 N–H and O–H groups in total. The molecule has 3 rings (SSSR count). The zero-order valence-electron chi connectivity index (χ0n) is 17.5. The van der Waals surface area contributed by atoms with Crippen molar-refractivity contribution in [1.82, 2.24) is 9.62 Å². The summed E-state index contributed by atoms with van der Waals surface area (Å²) < 4.78 is 37.6. The Bertz CT molecular complexity index is 1070. The molecule has 0 aromatic heterocycles. The zero-order valence-corrected chi connectivity index (χ0v) is 18.3. The molecule has 2 aromatic carbocycles. The monoisotopic (exact) mass is 443 g/mol. The lowest BCUT2D eigenvalue weighted by molar-refractivity contribution is 0.0728. The second-order valence-electron chi connectivity index (χ2n) is 7.17. The van der Waals surface area contributed by atoms with Gasteiger partial charge in [0, 0.05) is 42.7 Å². The molecular weight excluding hydrogens is 418 g/mol. The number of methoxy groups -OCH3 is 2. The molecule has 9 heteroatoms. The first-order valence-corrected chi connectivity index (χ1v) is 11.4. The number of hydrogen-bond donors (Lipinski definition) is 1.